The van der Waals surface area contributed by atoms with Crippen molar-refractivity contribution >= 4 is 11.9 Å². The molecule has 0 amide bonds. The Morgan fingerprint density at radius 1 is 1.09 bits per heavy atom. The number of rotatable bonds is 7. The summed E-state index contributed by atoms with van der Waals surface area (Å²) in [7, 11) is 0. The maximum atomic E-state index is 11.6. The largest absolute Gasteiger partial charge is 0.459 e. The van der Waals surface area contributed by atoms with E-state index in [2.05, 4.69) is 27.0 Å². The first-order chi connectivity index (χ1) is 10.7. The Hall–Kier alpha value is -1.62. The number of esters is 1. The molecule has 5 heteroatoms. The fourth-order valence-electron chi connectivity index (χ4n) is 2.60. The van der Waals surface area contributed by atoms with Crippen LogP contribution in [0.3, 0.4) is 0 Å². The van der Waals surface area contributed by atoms with E-state index in [4.69, 9.17) is 14.5 Å². The van der Waals surface area contributed by atoms with E-state index >= 15 is 0 Å². The second-order valence-corrected chi connectivity index (χ2v) is 6.86. The van der Waals surface area contributed by atoms with Crippen LogP contribution in [0.25, 0.3) is 0 Å². The number of carbonyl (C=O) groups excluding carboxylic acids is 2. The highest BCUT2D eigenvalue weighted by atomic mass is 17.2. The highest BCUT2D eigenvalue weighted by Gasteiger charge is 2.41. The molecule has 130 valence electrons. The zero-order valence-electron chi connectivity index (χ0n) is 14.6. The molecular weight excluding hydrogens is 296 g/mol. The van der Waals surface area contributed by atoms with Crippen molar-refractivity contribution in [3.63, 3.8) is 0 Å². The third-order valence-corrected chi connectivity index (χ3v) is 4.34. The zero-order chi connectivity index (χ0) is 17.6. The molecule has 0 spiro atoms. The monoisotopic (exact) mass is 324 g/mol. The average Bonchev–Trinajstić information content (AvgIpc) is 2.50. The molecule has 0 aromatic rings. The van der Waals surface area contributed by atoms with E-state index < -0.39 is 17.5 Å². The molecule has 1 rings (SSSR count). The molecule has 23 heavy (non-hydrogen) atoms. The number of hydrogen-bond donors (Lipinski definition) is 0. The summed E-state index contributed by atoms with van der Waals surface area (Å²) in [6.45, 7) is 14.7. The summed E-state index contributed by atoms with van der Waals surface area (Å²) < 4.78 is 5.26. The van der Waals surface area contributed by atoms with Crippen LogP contribution < -0.4 is 0 Å². The Morgan fingerprint density at radius 3 is 2.04 bits per heavy atom. The van der Waals surface area contributed by atoms with E-state index in [-0.39, 0.29) is 12.2 Å². The van der Waals surface area contributed by atoms with Gasteiger partial charge in [-0.2, -0.15) is 4.89 Å². The van der Waals surface area contributed by atoms with E-state index in [1.165, 1.54) is 0 Å². The minimum atomic E-state index is -0.790. The molecule has 0 heterocycles. The van der Waals surface area contributed by atoms with Gasteiger partial charge in [-0.1, -0.05) is 27.0 Å². The molecule has 0 unspecified atom stereocenters. The lowest BCUT2D eigenvalue weighted by atomic mass is 9.75. The molecule has 0 saturated heterocycles. The van der Waals surface area contributed by atoms with Gasteiger partial charge in [0, 0.05) is 11.1 Å². The van der Waals surface area contributed by atoms with Gasteiger partial charge in [0.15, 0.2) is 0 Å². The van der Waals surface area contributed by atoms with E-state index in [1.54, 1.807) is 13.8 Å². The molecule has 0 aromatic carbocycles. The molecular formula is C18H28O5. The normalized spacial score (nSPS) is 24.1. The fourth-order valence-corrected chi connectivity index (χ4v) is 2.60. The third-order valence-electron chi connectivity index (χ3n) is 4.34. The van der Waals surface area contributed by atoms with Gasteiger partial charge in [-0.25, -0.2) is 9.59 Å². The summed E-state index contributed by atoms with van der Waals surface area (Å²) in [6.07, 6.45) is 3.21. The van der Waals surface area contributed by atoms with Gasteiger partial charge in [0.1, 0.15) is 12.2 Å². The number of ether oxygens (including phenoxy) is 1. The Morgan fingerprint density at radius 2 is 1.61 bits per heavy atom. The SMILES string of the molecule is C=C(C)C(=O)OCC1(OOC(=O)C(=C)C)CCC(C(C)C)CC1. The summed E-state index contributed by atoms with van der Waals surface area (Å²) in [4.78, 5) is 33.5. The lowest BCUT2D eigenvalue weighted by Crippen LogP contribution is -2.43. The van der Waals surface area contributed by atoms with E-state index in [9.17, 15) is 9.59 Å². The van der Waals surface area contributed by atoms with Crippen LogP contribution in [-0.4, -0.2) is 24.1 Å². The second-order valence-electron chi connectivity index (χ2n) is 6.86. The van der Waals surface area contributed by atoms with E-state index in [0.717, 1.165) is 12.8 Å². The van der Waals surface area contributed by atoms with Crippen LogP contribution in [-0.2, 0) is 24.1 Å². The van der Waals surface area contributed by atoms with Crippen molar-refractivity contribution in [2.45, 2.75) is 59.0 Å². The lowest BCUT2D eigenvalue weighted by Gasteiger charge is -2.38. The van der Waals surface area contributed by atoms with Crippen molar-refractivity contribution in [1.29, 1.82) is 0 Å². The van der Waals surface area contributed by atoms with Crippen LogP contribution in [0.5, 0.6) is 0 Å². The van der Waals surface area contributed by atoms with Gasteiger partial charge in [0.2, 0.25) is 0 Å². The van der Waals surface area contributed by atoms with Crippen LogP contribution in [0, 0.1) is 11.8 Å². The molecule has 0 atom stereocenters. The minimum absolute atomic E-state index is 0.0486. The van der Waals surface area contributed by atoms with Crippen molar-refractivity contribution in [2.75, 3.05) is 6.61 Å². The summed E-state index contributed by atoms with van der Waals surface area (Å²) >= 11 is 0. The Kier molecular flexibility index (Phi) is 7.01. The summed E-state index contributed by atoms with van der Waals surface area (Å²) in [5.74, 6) is 0.108. The predicted octanol–water partition coefficient (Wildman–Crippen LogP) is 3.74. The van der Waals surface area contributed by atoms with Gasteiger partial charge in [-0.15, -0.1) is 0 Å². The Bertz CT molecular complexity index is 438. The van der Waals surface area contributed by atoms with Crippen molar-refractivity contribution in [3.05, 3.63) is 24.3 Å². The van der Waals surface area contributed by atoms with Crippen molar-refractivity contribution in [3.8, 4) is 0 Å². The molecule has 0 aliphatic heterocycles. The molecule has 1 aliphatic rings. The summed E-state index contributed by atoms with van der Waals surface area (Å²) in [6, 6.07) is 0. The molecule has 1 fully saturated rings. The maximum absolute atomic E-state index is 11.6. The lowest BCUT2D eigenvalue weighted by molar-refractivity contribution is -0.345. The van der Waals surface area contributed by atoms with Gasteiger partial charge in [-0.05, 0) is 51.4 Å². The molecule has 5 nitrogen and oxygen atoms in total. The second kappa shape index (κ2) is 8.29. The van der Waals surface area contributed by atoms with Crippen LogP contribution in [0.1, 0.15) is 53.4 Å². The molecule has 0 aromatic heterocycles. The van der Waals surface area contributed by atoms with Crippen molar-refractivity contribution < 1.29 is 24.1 Å². The molecule has 1 aliphatic carbocycles. The summed E-state index contributed by atoms with van der Waals surface area (Å²) in [5, 5.41) is 0. The summed E-state index contributed by atoms with van der Waals surface area (Å²) in [5.41, 5.74) is -0.202. The smallest absolute Gasteiger partial charge is 0.368 e. The van der Waals surface area contributed by atoms with Gasteiger partial charge in [0.25, 0.3) is 0 Å². The van der Waals surface area contributed by atoms with E-state index in [1.807, 2.05) is 0 Å². The van der Waals surface area contributed by atoms with Gasteiger partial charge >= 0.3 is 11.9 Å². The maximum Gasteiger partial charge on any atom is 0.368 e. The molecule has 0 radical (unpaired) electrons. The van der Waals surface area contributed by atoms with Crippen LogP contribution in [0.2, 0.25) is 0 Å². The first kappa shape index (κ1) is 19.4. The van der Waals surface area contributed by atoms with Gasteiger partial charge < -0.3 is 4.74 Å². The Labute approximate surface area is 138 Å². The zero-order valence-corrected chi connectivity index (χ0v) is 14.6. The standard InChI is InChI=1S/C18H28O5/c1-12(2)15-7-9-18(10-8-15,11-21-16(19)13(3)4)23-22-17(20)14(5)6/h12,15H,3,5,7-11H2,1-2,4,6H3. The molecule has 0 bridgehead atoms. The van der Waals surface area contributed by atoms with Crippen molar-refractivity contribution in [2.24, 2.45) is 11.8 Å². The highest BCUT2D eigenvalue weighted by molar-refractivity contribution is 5.87. The first-order valence-electron chi connectivity index (χ1n) is 8.05. The highest BCUT2D eigenvalue weighted by Crippen LogP contribution is 2.38. The predicted molar refractivity (Wildman–Crippen MR) is 87.3 cm³/mol. The number of carbonyl (C=O) groups is 2. The van der Waals surface area contributed by atoms with Crippen LogP contribution in [0.4, 0.5) is 0 Å². The van der Waals surface area contributed by atoms with E-state index in [0.29, 0.717) is 30.3 Å². The third kappa shape index (κ3) is 5.82. The average molecular weight is 324 g/mol. The van der Waals surface area contributed by atoms with Gasteiger partial charge in [0.05, 0.1) is 0 Å². The number of hydrogen-bond acceptors (Lipinski definition) is 5. The van der Waals surface area contributed by atoms with Gasteiger partial charge in [-0.3, -0.25) is 4.89 Å². The minimum Gasteiger partial charge on any atom is -0.459 e. The Balaban J connectivity index is 2.72. The molecule has 0 N–H and O–H groups in total. The quantitative estimate of drug-likeness (QED) is 0.309. The van der Waals surface area contributed by atoms with Crippen LogP contribution in [0.15, 0.2) is 24.3 Å². The van der Waals surface area contributed by atoms with Crippen molar-refractivity contribution in [1.82, 2.24) is 0 Å². The first-order valence-corrected chi connectivity index (χ1v) is 8.05. The van der Waals surface area contributed by atoms with Crippen LogP contribution >= 0.6 is 0 Å². The molecule has 1 saturated carbocycles. The fraction of sp³-hybridized carbons (Fsp3) is 0.667. The topological polar surface area (TPSA) is 61.8 Å².